The minimum Gasteiger partial charge on any atom is -0.462 e. The van der Waals surface area contributed by atoms with Crippen LogP contribution < -0.4 is 0 Å². The van der Waals surface area contributed by atoms with Gasteiger partial charge in [0.25, 0.3) is 0 Å². The van der Waals surface area contributed by atoms with E-state index in [1.165, 1.54) is 45.4 Å². The number of ketones is 1. The third-order valence-corrected chi connectivity index (χ3v) is 3.59. The average molecular weight is 296 g/mol. The molecule has 3 heteroatoms. The van der Waals surface area contributed by atoms with Crippen molar-refractivity contribution in [3.05, 3.63) is 11.6 Å². The number of ether oxygens (including phenoxy) is 1. The Morgan fingerprint density at radius 3 is 2.10 bits per heavy atom. The standard InChI is InChI=1S/C18H32O3/c1-5-7-8-9-10-11-12-13-15(3)14-17(16(4)19)18(20)21-6-2/h14-15H,5-13H2,1-4H3/b17-14-. The van der Waals surface area contributed by atoms with E-state index in [2.05, 4.69) is 13.8 Å². The topological polar surface area (TPSA) is 43.4 Å². The molecule has 0 saturated heterocycles. The van der Waals surface area contributed by atoms with Crippen LogP contribution in [0.25, 0.3) is 0 Å². The zero-order chi connectivity index (χ0) is 16.1. The minimum atomic E-state index is -0.489. The molecule has 0 aromatic heterocycles. The molecule has 0 fully saturated rings. The van der Waals surface area contributed by atoms with Gasteiger partial charge in [0.15, 0.2) is 5.78 Å². The van der Waals surface area contributed by atoms with Gasteiger partial charge in [-0.05, 0) is 26.2 Å². The van der Waals surface area contributed by atoms with Crippen LogP contribution in [0, 0.1) is 5.92 Å². The first-order chi connectivity index (χ1) is 10.0. The highest BCUT2D eigenvalue weighted by atomic mass is 16.5. The van der Waals surface area contributed by atoms with E-state index in [4.69, 9.17) is 4.74 Å². The number of hydrogen-bond acceptors (Lipinski definition) is 3. The predicted molar refractivity (Wildman–Crippen MR) is 87.2 cm³/mol. The van der Waals surface area contributed by atoms with E-state index in [1.807, 2.05) is 0 Å². The van der Waals surface area contributed by atoms with Crippen molar-refractivity contribution in [3.63, 3.8) is 0 Å². The summed E-state index contributed by atoms with van der Waals surface area (Å²) in [6.45, 7) is 7.75. The van der Waals surface area contributed by atoms with Gasteiger partial charge in [-0.3, -0.25) is 4.79 Å². The van der Waals surface area contributed by atoms with E-state index >= 15 is 0 Å². The highest BCUT2D eigenvalue weighted by molar-refractivity contribution is 6.16. The molecule has 0 N–H and O–H groups in total. The molecule has 0 amide bonds. The second kappa shape index (κ2) is 12.6. The predicted octanol–water partition coefficient (Wildman–Crippen LogP) is 4.84. The number of unbranched alkanes of at least 4 members (excludes halogenated alkanes) is 6. The number of hydrogen-bond donors (Lipinski definition) is 0. The third-order valence-electron chi connectivity index (χ3n) is 3.59. The number of carbonyl (C=O) groups is 2. The van der Waals surface area contributed by atoms with Crippen molar-refractivity contribution in [2.45, 2.75) is 79.1 Å². The SMILES string of the molecule is CCCCCCCCCC(C)/C=C(/C(C)=O)C(=O)OCC. The highest BCUT2D eigenvalue weighted by Crippen LogP contribution is 2.16. The van der Waals surface area contributed by atoms with Crippen molar-refractivity contribution in [1.29, 1.82) is 0 Å². The van der Waals surface area contributed by atoms with Gasteiger partial charge < -0.3 is 4.74 Å². The van der Waals surface area contributed by atoms with Crippen LogP contribution in [0.5, 0.6) is 0 Å². The van der Waals surface area contributed by atoms with Gasteiger partial charge in [0.05, 0.1) is 12.2 Å². The Balaban J connectivity index is 4.06. The van der Waals surface area contributed by atoms with Gasteiger partial charge in [0.1, 0.15) is 0 Å². The third kappa shape index (κ3) is 10.3. The van der Waals surface area contributed by atoms with Gasteiger partial charge in [-0.25, -0.2) is 4.79 Å². The Bertz CT molecular complexity index is 331. The molecular weight excluding hydrogens is 264 g/mol. The lowest BCUT2D eigenvalue weighted by Gasteiger charge is -2.09. The normalized spacial score (nSPS) is 13.0. The summed E-state index contributed by atoms with van der Waals surface area (Å²) in [6, 6.07) is 0. The first kappa shape index (κ1) is 19.9. The summed E-state index contributed by atoms with van der Waals surface area (Å²) in [5, 5.41) is 0. The second-order valence-electron chi connectivity index (χ2n) is 5.74. The summed E-state index contributed by atoms with van der Waals surface area (Å²) in [6.07, 6.45) is 11.7. The van der Waals surface area contributed by atoms with Gasteiger partial charge in [0.2, 0.25) is 0 Å². The highest BCUT2D eigenvalue weighted by Gasteiger charge is 2.16. The molecule has 0 heterocycles. The van der Waals surface area contributed by atoms with Gasteiger partial charge >= 0.3 is 5.97 Å². The molecule has 0 saturated carbocycles. The molecule has 0 bridgehead atoms. The van der Waals surface area contributed by atoms with Crippen molar-refractivity contribution < 1.29 is 14.3 Å². The van der Waals surface area contributed by atoms with E-state index < -0.39 is 5.97 Å². The molecule has 0 spiro atoms. The molecule has 21 heavy (non-hydrogen) atoms. The van der Waals surface area contributed by atoms with Crippen LogP contribution in [0.1, 0.15) is 79.1 Å². The van der Waals surface area contributed by atoms with Crippen LogP contribution in [-0.2, 0) is 14.3 Å². The van der Waals surface area contributed by atoms with Crippen LogP contribution in [0.15, 0.2) is 11.6 Å². The summed E-state index contributed by atoms with van der Waals surface area (Å²) < 4.78 is 4.92. The molecule has 3 nitrogen and oxygen atoms in total. The maximum Gasteiger partial charge on any atom is 0.341 e. The van der Waals surface area contributed by atoms with Crippen LogP contribution in [0.2, 0.25) is 0 Å². The molecule has 0 aliphatic rings. The van der Waals surface area contributed by atoms with Gasteiger partial charge in [-0.2, -0.15) is 0 Å². The Morgan fingerprint density at radius 1 is 1.00 bits per heavy atom. The number of carbonyl (C=O) groups excluding carboxylic acids is 2. The molecule has 1 unspecified atom stereocenters. The zero-order valence-electron chi connectivity index (χ0n) is 14.2. The van der Waals surface area contributed by atoms with Crippen LogP contribution in [0.3, 0.4) is 0 Å². The molecule has 0 aromatic carbocycles. The first-order valence-corrected chi connectivity index (χ1v) is 8.42. The van der Waals surface area contributed by atoms with Gasteiger partial charge in [0, 0.05) is 0 Å². The van der Waals surface area contributed by atoms with Crippen LogP contribution in [0.4, 0.5) is 0 Å². The summed E-state index contributed by atoms with van der Waals surface area (Å²) >= 11 is 0. The molecule has 0 aliphatic heterocycles. The fourth-order valence-corrected chi connectivity index (χ4v) is 2.33. The lowest BCUT2D eigenvalue weighted by Crippen LogP contribution is -2.14. The van der Waals surface area contributed by atoms with Crippen molar-refractivity contribution in [2.24, 2.45) is 5.92 Å². The van der Waals surface area contributed by atoms with E-state index in [-0.39, 0.29) is 17.3 Å². The number of rotatable bonds is 12. The minimum absolute atomic E-state index is 0.201. The van der Waals surface area contributed by atoms with Crippen molar-refractivity contribution >= 4 is 11.8 Å². The Kier molecular flexibility index (Phi) is 11.9. The van der Waals surface area contributed by atoms with Crippen molar-refractivity contribution in [1.82, 2.24) is 0 Å². The molecule has 0 rings (SSSR count). The van der Waals surface area contributed by atoms with E-state index in [0.29, 0.717) is 6.61 Å². The van der Waals surface area contributed by atoms with Gasteiger partial charge in [-0.15, -0.1) is 0 Å². The number of esters is 1. The van der Waals surface area contributed by atoms with E-state index in [0.717, 1.165) is 12.8 Å². The first-order valence-electron chi connectivity index (χ1n) is 8.42. The maximum absolute atomic E-state index is 11.7. The zero-order valence-corrected chi connectivity index (χ0v) is 14.2. The summed E-state index contributed by atoms with van der Waals surface area (Å²) in [5.41, 5.74) is 0.201. The van der Waals surface area contributed by atoms with Crippen molar-refractivity contribution in [2.75, 3.05) is 6.61 Å². The Hall–Kier alpha value is -1.12. The fourth-order valence-electron chi connectivity index (χ4n) is 2.33. The van der Waals surface area contributed by atoms with E-state index in [9.17, 15) is 9.59 Å². The Labute approximate surface area is 130 Å². The quantitative estimate of drug-likeness (QED) is 0.170. The lowest BCUT2D eigenvalue weighted by molar-refractivity contribution is -0.139. The monoisotopic (exact) mass is 296 g/mol. The van der Waals surface area contributed by atoms with Crippen molar-refractivity contribution in [3.8, 4) is 0 Å². The largest absolute Gasteiger partial charge is 0.462 e. The number of allylic oxidation sites excluding steroid dienone is 1. The van der Waals surface area contributed by atoms with Crippen LogP contribution >= 0.6 is 0 Å². The fraction of sp³-hybridized carbons (Fsp3) is 0.778. The second-order valence-corrected chi connectivity index (χ2v) is 5.74. The number of Topliss-reactive ketones (excluding diaryl/α,β-unsaturated/α-hetero) is 1. The average Bonchev–Trinajstić information content (AvgIpc) is 2.43. The summed E-state index contributed by atoms with van der Waals surface area (Å²) in [5.74, 6) is -0.458. The lowest BCUT2D eigenvalue weighted by atomic mass is 9.98. The molecule has 1 atom stereocenters. The van der Waals surface area contributed by atoms with Gasteiger partial charge in [-0.1, -0.05) is 64.9 Å². The van der Waals surface area contributed by atoms with E-state index in [1.54, 1.807) is 13.0 Å². The molecule has 122 valence electrons. The Morgan fingerprint density at radius 2 is 1.57 bits per heavy atom. The maximum atomic E-state index is 11.7. The molecular formula is C18H32O3. The smallest absolute Gasteiger partial charge is 0.341 e. The summed E-state index contributed by atoms with van der Waals surface area (Å²) in [4.78, 5) is 23.2. The molecule has 0 aliphatic carbocycles. The van der Waals surface area contributed by atoms with Crippen LogP contribution in [-0.4, -0.2) is 18.4 Å². The summed E-state index contributed by atoms with van der Waals surface area (Å²) in [7, 11) is 0. The molecule has 0 radical (unpaired) electrons. The molecule has 0 aromatic rings.